The lowest BCUT2D eigenvalue weighted by Gasteiger charge is -2.43. The second-order valence-electron chi connectivity index (χ2n) is 6.79. The van der Waals surface area contributed by atoms with Gasteiger partial charge in [0, 0.05) is 18.6 Å². The summed E-state index contributed by atoms with van der Waals surface area (Å²) in [5.41, 5.74) is 5.43. The van der Waals surface area contributed by atoms with Gasteiger partial charge in [-0.15, -0.1) is 0 Å². The lowest BCUT2D eigenvalue weighted by Crippen LogP contribution is -2.54. The van der Waals surface area contributed by atoms with Crippen molar-refractivity contribution in [2.75, 3.05) is 6.54 Å². The second kappa shape index (κ2) is 6.72. The first-order valence-corrected chi connectivity index (χ1v) is 8.08. The van der Waals surface area contributed by atoms with Gasteiger partial charge in [-0.3, -0.25) is 4.90 Å². The van der Waals surface area contributed by atoms with Crippen molar-refractivity contribution in [2.24, 2.45) is 5.73 Å². The fourth-order valence-electron chi connectivity index (χ4n) is 3.80. The molecule has 0 aromatic carbocycles. The molecule has 2 rings (SSSR count). The van der Waals surface area contributed by atoms with Crippen molar-refractivity contribution in [3.8, 4) is 6.07 Å². The van der Waals surface area contributed by atoms with E-state index in [1.807, 2.05) is 6.92 Å². The van der Waals surface area contributed by atoms with Gasteiger partial charge < -0.3 is 5.73 Å². The van der Waals surface area contributed by atoms with E-state index in [1.165, 1.54) is 64.2 Å². The maximum atomic E-state index is 9.24. The maximum absolute atomic E-state index is 9.24. The predicted octanol–water partition coefficient (Wildman–Crippen LogP) is 3.19. The molecule has 0 amide bonds. The Morgan fingerprint density at radius 1 is 1.00 bits per heavy atom. The van der Waals surface area contributed by atoms with Gasteiger partial charge in [0.25, 0.3) is 0 Å². The highest BCUT2D eigenvalue weighted by Gasteiger charge is 2.33. The zero-order valence-corrected chi connectivity index (χ0v) is 12.4. The molecule has 2 N–H and O–H groups in total. The van der Waals surface area contributed by atoms with E-state index in [0.717, 1.165) is 6.54 Å². The summed E-state index contributed by atoms with van der Waals surface area (Å²) in [7, 11) is 0. The van der Waals surface area contributed by atoms with Gasteiger partial charge in [0.1, 0.15) is 5.54 Å². The Bertz CT molecular complexity index is 288. The zero-order chi connectivity index (χ0) is 13.7. The molecular formula is C16H29N3. The van der Waals surface area contributed by atoms with Crippen molar-refractivity contribution < 1.29 is 0 Å². The Morgan fingerprint density at radius 3 is 1.79 bits per heavy atom. The second-order valence-corrected chi connectivity index (χ2v) is 6.79. The fraction of sp³-hybridized carbons (Fsp3) is 0.938. The Kier molecular flexibility index (Phi) is 5.24. The molecule has 0 radical (unpaired) electrons. The predicted molar refractivity (Wildman–Crippen MR) is 78.7 cm³/mol. The molecule has 0 aromatic heterocycles. The lowest BCUT2D eigenvalue weighted by molar-refractivity contribution is 0.0682. The van der Waals surface area contributed by atoms with Crippen LogP contribution in [0.1, 0.15) is 71.1 Å². The van der Waals surface area contributed by atoms with Crippen molar-refractivity contribution in [3.63, 3.8) is 0 Å². The van der Waals surface area contributed by atoms with Crippen LogP contribution in [0.5, 0.6) is 0 Å². The standard InChI is InChI=1S/C16H29N3/c1-16(18,12-17)13-19(14-8-4-2-5-9-14)15-10-6-3-7-11-15/h14-15H,2-11,13,18H2,1H3. The van der Waals surface area contributed by atoms with Crippen molar-refractivity contribution >= 4 is 0 Å². The molecule has 0 aliphatic heterocycles. The van der Waals surface area contributed by atoms with Crippen LogP contribution < -0.4 is 5.73 Å². The van der Waals surface area contributed by atoms with Gasteiger partial charge in [0.2, 0.25) is 0 Å². The lowest BCUT2D eigenvalue weighted by atomic mass is 9.87. The zero-order valence-electron chi connectivity index (χ0n) is 12.4. The van der Waals surface area contributed by atoms with E-state index < -0.39 is 5.54 Å². The van der Waals surface area contributed by atoms with E-state index in [2.05, 4.69) is 11.0 Å². The minimum atomic E-state index is -0.700. The molecule has 0 spiro atoms. The summed E-state index contributed by atoms with van der Waals surface area (Å²) < 4.78 is 0. The van der Waals surface area contributed by atoms with Crippen molar-refractivity contribution in [1.29, 1.82) is 5.26 Å². The fourth-order valence-corrected chi connectivity index (χ4v) is 3.80. The summed E-state index contributed by atoms with van der Waals surface area (Å²) in [4.78, 5) is 2.61. The average Bonchev–Trinajstić information content (AvgIpc) is 2.47. The van der Waals surface area contributed by atoms with Crippen LogP contribution in [-0.2, 0) is 0 Å². The Balaban J connectivity index is 2.05. The number of rotatable bonds is 4. The molecule has 19 heavy (non-hydrogen) atoms. The molecule has 0 bridgehead atoms. The molecule has 108 valence electrons. The molecule has 2 fully saturated rings. The molecule has 1 atom stereocenters. The van der Waals surface area contributed by atoms with Gasteiger partial charge >= 0.3 is 0 Å². The summed E-state index contributed by atoms with van der Waals surface area (Å²) in [6.07, 6.45) is 13.4. The SMILES string of the molecule is CC(N)(C#N)CN(C1CCCCC1)C1CCCCC1. The molecule has 2 aliphatic rings. The first-order chi connectivity index (χ1) is 9.12. The van der Waals surface area contributed by atoms with Gasteiger partial charge in [-0.2, -0.15) is 5.26 Å². The molecule has 0 aromatic rings. The normalized spacial score (nSPS) is 26.0. The third kappa shape index (κ3) is 4.19. The van der Waals surface area contributed by atoms with Gasteiger partial charge in [-0.25, -0.2) is 0 Å². The molecule has 3 nitrogen and oxygen atoms in total. The van der Waals surface area contributed by atoms with E-state index in [4.69, 9.17) is 5.73 Å². The van der Waals surface area contributed by atoms with E-state index in [0.29, 0.717) is 12.1 Å². The summed E-state index contributed by atoms with van der Waals surface area (Å²) in [6, 6.07) is 3.63. The van der Waals surface area contributed by atoms with Crippen molar-refractivity contribution in [3.05, 3.63) is 0 Å². The quantitative estimate of drug-likeness (QED) is 0.847. The van der Waals surface area contributed by atoms with Crippen LogP contribution in [0, 0.1) is 11.3 Å². The van der Waals surface area contributed by atoms with Crippen molar-refractivity contribution in [2.45, 2.75) is 88.8 Å². The van der Waals surface area contributed by atoms with Crippen LogP contribution in [0.15, 0.2) is 0 Å². The highest BCUT2D eigenvalue weighted by Crippen LogP contribution is 2.30. The Hall–Kier alpha value is -0.590. The average molecular weight is 263 g/mol. The van der Waals surface area contributed by atoms with Gasteiger partial charge in [0.15, 0.2) is 0 Å². The van der Waals surface area contributed by atoms with Crippen LogP contribution in [-0.4, -0.2) is 29.1 Å². The highest BCUT2D eigenvalue weighted by molar-refractivity contribution is 5.04. The molecule has 1 unspecified atom stereocenters. The van der Waals surface area contributed by atoms with Crippen LogP contribution in [0.4, 0.5) is 0 Å². The summed E-state index contributed by atoms with van der Waals surface area (Å²) in [6.45, 7) is 2.63. The first kappa shape index (κ1) is 14.8. The third-order valence-electron chi connectivity index (χ3n) is 4.85. The van der Waals surface area contributed by atoms with Gasteiger partial charge in [-0.1, -0.05) is 38.5 Å². The molecule has 0 heterocycles. The summed E-state index contributed by atoms with van der Waals surface area (Å²) >= 11 is 0. The summed E-state index contributed by atoms with van der Waals surface area (Å²) in [5, 5.41) is 9.24. The van der Waals surface area contributed by atoms with E-state index >= 15 is 0 Å². The molecule has 2 saturated carbocycles. The summed E-state index contributed by atoms with van der Waals surface area (Å²) in [5.74, 6) is 0. The number of nitriles is 1. The smallest absolute Gasteiger partial charge is 0.114 e. The number of nitrogens with zero attached hydrogens (tertiary/aromatic N) is 2. The monoisotopic (exact) mass is 263 g/mol. The highest BCUT2D eigenvalue weighted by atomic mass is 15.2. The number of hydrogen-bond acceptors (Lipinski definition) is 3. The van der Waals surface area contributed by atoms with E-state index in [1.54, 1.807) is 0 Å². The molecule has 3 heteroatoms. The largest absolute Gasteiger partial charge is 0.313 e. The van der Waals surface area contributed by atoms with E-state index in [9.17, 15) is 5.26 Å². The van der Waals surface area contributed by atoms with Gasteiger partial charge in [0.05, 0.1) is 6.07 Å². The number of hydrogen-bond donors (Lipinski definition) is 1. The Morgan fingerprint density at radius 2 is 1.42 bits per heavy atom. The van der Waals surface area contributed by atoms with Crippen LogP contribution >= 0.6 is 0 Å². The van der Waals surface area contributed by atoms with E-state index in [-0.39, 0.29) is 0 Å². The first-order valence-electron chi connectivity index (χ1n) is 8.08. The van der Waals surface area contributed by atoms with Gasteiger partial charge in [-0.05, 0) is 32.6 Å². The van der Waals surface area contributed by atoms with Crippen molar-refractivity contribution in [1.82, 2.24) is 4.90 Å². The third-order valence-corrected chi connectivity index (χ3v) is 4.85. The minimum Gasteiger partial charge on any atom is -0.313 e. The Labute approximate surface area is 118 Å². The maximum Gasteiger partial charge on any atom is 0.114 e. The molecule has 0 saturated heterocycles. The molecular weight excluding hydrogens is 234 g/mol. The van der Waals surface area contributed by atoms with Crippen LogP contribution in [0.2, 0.25) is 0 Å². The van der Waals surface area contributed by atoms with Crippen LogP contribution in [0.25, 0.3) is 0 Å². The minimum absolute atomic E-state index is 0.674. The topological polar surface area (TPSA) is 53.1 Å². The number of nitrogens with two attached hydrogens (primary N) is 1. The molecule has 2 aliphatic carbocycles. The van der Waals surface area contributed by atoms with Crippen LogP contribution in [0.3, 0.4) is 0 Å².